The topological polar surface area (TPSA) is 79.8 Å². The third-order valence-corrected chi connectivity index (χ3v) is 7.43. The lowest BCUT2D eigenvalue weighted by Gasteiger charge is -2.19. The molecule has 0 atom stereocenters. The summed E-state index contributed by atoms with van der Waals surface area (Å²) in [7, 11) is 0. The standard InChI is InChI=1S/C32H36N6/c1-24-29-14-15-36-31(29)13-12-30(24)37-32-27(22-35-23-28(32)20-33)11-10-25-6-8-26(9-7-25)21-34-16-19-38-17-4-2-3-5-18-38/h6-15,22-23,34,36H,2-5,16-19,21H2,1H3,(H,35,37). The van der Waals surface area contributed by atoms with Crippen LogP contribution in [0.3, 0.4) is 0 Å². The molecule has 0 spiro atoms. The maximum atomic E-state index is 9.75. The van der Waals surface area contributed by atoms with Crippen molar-refractivity contribution in [2.45, 2.75) is 39.2 Å². The lowest BCUT2D eigenvalue weighted by Crippen LogP contribution is -2.32. The number of H-pyrrole nitrogens is 1. The Bertz CT molecular complexity index is 1420. The van der Waals surface area contributed by atoms with Gasteiger partial charge in [0.25, 0.3) is 0 Å². The minimum Gasteiger partial charge on any atom is -0.361 e. The lowest BCUT2D eigenvalue weighted by atomic mass is 10.1. The Labute approximate surface area is 225 Å². The molecule has 38 heavy (non-hydrogen) atoms. The molecule has 1 saturated heterocycles. The SMILES string of the molecule is Cc1c(Nc2c(C#N)cncc2C=Cc2ccc(CNCCN3CCCCCC3)cc2)ccc2[nH]ccc12. The monoisotopic (exact) mass is 504 g/mol. The predicted octanol–water partition coefficient (Wildman–Crippen LogP) is 6.62. The van der Waals surface area contributed by atoms with Crippen LogP contribution >= 0.6 is 0 Å². The van der Waals surface area contributed by atoms with Gasteiger partial charge in [-0.3, -0.25) is 4.98 Å². The van der Waals surface area contributed by atoms with Gasteiger partial charge in [-0.15, -0.1) is 0 Å². The van der Waals surface area contributed by atoms with Crippen LogP contribution in [0, 0.1) is 18.3 Å². The van der Waals surface area contributed by atoms with Gasteiger partial charge in [-0.2, -0.15) is 5.26 Å². The van der Waals surface area contributed by atoms with Crippen molar-refractivity contribution in [2.24, 2.45) is 0 Å². The summed E-state index contributed by atoms with van der Waals surface area (Å²) >= 11 is 0. The van der Waals surface area contributed by atoms with Crippen molar-refractivity contribution in [3.05, 3.63) is 88.9 Å². The summed E-state index contributed by atoms with van der Waals surface area (Å²) in [5.74, 6) is 0. The van der Waals surface area contributed by atoms with Crippen molar-refractivity contribution in [3.8, 4) is 6.07 Å². The fraction of sp³-hybridized carbons (Fsp3) is 0.312. The molecule has 0 radical (unpaired) electrons. The number of nitrogens with zero attached hydrogens (tertiary/aromatic N) is 3. The second kappa shape index (κ2) is 12.6. The maximum absolute atomic E-state index is 9.75. The van der Waals surface area contributed by atoms with Crippen LogP contribution in [-0.4, -0.2) is 41.0 Å². The molecule has 0 saturated carbocycles. The molecule has 1 aliphatic rings. The zero-order valence-electron chi connectivity index (χ0n) is 22.1. The number of aromatic amines is 1. The number of aryl methyl sites for hydroxylation is 1. The number of rotatable bonds is 9. The van der Waals surface area contributed by atoms with E-state index in [2.05, 4.69) is 81.0 Å². The number of anilines is 2. The molecular weight excluding hydrogens is 468 g/mol. The summed E-state index contributed by atoms with van der Waals surface area (Å²) in [6.07, 6.45) is 14.9. The summed E-state index contributed by atoms with van der Waals surface area (Å²) in [5.41, 5.74) is 7.75. The molecule has 1 fully saturated rings. The molecule has 2 aromatic heterocycles. The second-order valence-electron chi connectivity index (χ2n) is 10.1. The van der Waals surface area contributed by atoms with Crippen molar-refractivity contribution < 1.29 is 0 Å². The van der Waals surface area contributed by atoms with Crippen LogP contribution in [0.15, 0.2) is 61.1 Å². The largest absolute Gasteiger partial charge is 0.361 e. The minimum atomic E-state index is 0.516. The van der Waals surface area contributed by atoms with Gasteiger partial charge < -0.3 is 20.5 Å². The molecule has 3 heterocycles. The van der Waals surface area contributed by atoms with E-state index in [0.29, 0.717) is 5.56 Å². The Balaban J connectivity index is 1.23. The Morgan fingerprint density at radius 1 is 1.00 bits per heavy atom. The summed E-state index contributed by atoms with van der Waals surface area (Å²) in [6, 6.07) is 17.1. The molecule has 4 aromatic rings. The maximum Gasteiger partial charge on any atom is 0.103 e. The van der Waals surface area contributed by atoms with E-state index in [0.717, 1.165) is 58.6 Å². The van der Waals surface area contributed by atoms with E-state index >= 15 is 0 Å². The minimum absolute atomic E-state index is 0.516. The highest BCUT2D eigenvalue weighted by molar-refractivity contribution is 5.90. The van der Waals surface area contributed by atoms with E-state index in [1.54, 1.807) is 12.4 Å². The van der Waals surface area contributed by atoms with Crippen LogP contribution in [0.2, 0.25) is 0 Å². The Kier molecular flexibility index (Phi) is 8.49. The number of nitriles is 1. The van der Waals surface area contributed by atoms with Crippen molar-refractivity contribution >= 4 is 34.4 Å². The highest BCUT2D eigenvalue weighted by Crippen LogP contribution is 2.31. The normalized spacial score (nSPS) is 14.5. The lowest BCUT2D eigenvalue weighted by molar-refractivity contribution is 0.284. The molecule has 1 aliphatic heterocycles. The zero-order valence-corrected chi connectivity index (χ0v) is 22.1. The first kappa shape index (κ1) is 25.7. The van der Waals surface area contributed by atoms with Crippen LogP contribution in [0.1, 0.15) is 53.5 Å². The van der Waals surface area contributed by atoms with Gasteiger partial charge in [0.1, 0.15) is 6.07 Å². The van der Waals surface area contributed by atoms with Crippen molar-refractivity contribution in [1.82, 2.24) is 20.2 Å². The van der Waals surface area contributed by atoms with Crippen LogP contribution in [0.25, 0.3) is 23.1 Å². The van der Waals surface area contributed by atoms with E-state index in [-0.39, 0.29) is 0 Å². The van der Waals surface area contributed by atoms with E-state index in [4.69, 9.17) is 0 Å². The Hall–Kier alpha value is -3.92. The van der Waals surface area contributed by atoms with Gasteiger partial charge in [-0.25, -0.2) is 0 Å². The first-order valence-corrected chi connectivity index (χ1v) is 13.6. The number of benzene rings is 2. The first-order valence-electron chi connectivity index (χ1n) is 13.6. The van der Waals surface area contributed by atoms with Crippen molar-refractivity contribution in [1.29, 1.82) is 5.26 Å². The number of fused-ring (bicyclic) bond motifs is 1. The second-order valence-corrected chi connectivity index (χ2v) is 10.1. The summed E-state index contributed by atoms with van der Waals surface area (Å²) < 4.78 is 0. The zero-order chi connectivity index (χ0) is 26.2. The van der Waals surface area contributed by atoms with Gasteiger partial charge in [0.15, 0.2) is 0 Å². The number of likely N-dealkylation sites (tertiary alicyclic amines) is 1. The number of hydrogen-bond donors (Lipinski definition) is 3. The van der Waals surface area contributed by atoms with Crippen LogP contribution < -0.4 is 10.6 Å². The van der Waals surface area contributed by atoms with Crippen molar-refractivity contribution in [2.75, 3.05) is 31.5 Å². The average Bonchev–Trinajstić information content (AvgIpc) is 3.29. The van der Waals surface area contributed by atoms with E-state index in [1.165, 1.54) is 44.3 Å². The van der Waals surface area contributed by atoms with Gasteiger partial charge >= 0.3 is 0 Å². The molecule has 194 valence electrons. The molecule has 6 nitrogen and oxygen atoms in total. The smallest absolute Gasteiger partial charge is 0.103 e. The molecule has 3 N–H and O–H groups in total. The summed E-state index contributed by atoms with van der Waals surface area (Å²) in [6.45, 7) is 7.61. The van der Waals surface area contributed by atoms with Crippen LogP contribution in [0.4, 0.5) is 11.4 Å². The molecule has 0 aliphatic carbocycles. The third-order valence-electron chi connectivity index (χ3n) is 7.43. The van der Waals surface area contributed by atoms with E-state index in [1.807, 2.05) is 18.3 Å². The third kappa shape index (κ3) is 6.31. The van der Waals surface area contributed by atoms with Crippen LogP contribution in [0.5, 0.6) is 0 Å². The number of aromatic nitrogens is 2. The van der Waals surface area contributed by atoms with E-state index in [9.17, 15) is 5.26 Å². The molecule has 6 heteroatoms. The Morgan fingerprint density at radius 2 is 1.82 bits per heavy atom. The van der Waals surface area contributed by atoms with Crippen molar-refractivity contribution in [3.63, 3.8) is 0 Å². The molecule has 5 rings (SSSR count). The van der Waals surface area contributed by atoms with Crippen LogP contribution in [-0.2, 0) is 6.54 Å². The Morgan fingerprint density at radius 3 is 2.61 bits per heavy atom. The number of nitrogens with one attached hydrogen (secondary N) is 3. The van der Waals surface area contributed by atoms with E-state index < -0.39 is 0 Å². The van der Waals surface area contributed by atoms with Gasteiger partial charge in [0.2, 0.25) is 0 Å². The number of pyridine rings is 1. The molecule has 0 amide bonds. The highest BCUT2D eigenvalue weighted by Gasteiger charge is 2.11. The summed E-state index contributed by atoms with van der Waals surface area (Å²) in [4.78, 5) is 10.1. The average molecular weight is 505 g/mol. The fourth-order valence-electron chi connectivity index (χ4n) is 5.14. The molecule has 0 unspecified atom stereocenters. The quantitative estimate of drug-likeness (QED) is 0.223. The molecular formula is C32H36N6. The molecule has 2 aromatic carbocycles. The van der Waals surface area contributed by atoms with Gasteiger partial charge in [-0.05, 0) is 67.7 Å². The summed E-state index contributed by atoms with van der Waals surface area (Å²) in [5, 5.41) is 18.0. The van der Waals surface area contributed by atoms with Gasteiger partial charge in [0.05, 0.1) is 11.3 Å². The van der Waals surface area contributed by atoms with Gasteiger partial charge in [0, 0.05) is 60.4 Å². The fourth-order valence-corrected chi connectivity index (χ4v) is 5.14. The number of hydrogen-bond acceptors (Lipinski definition) is 5. The van der Waals surface area contributed by atoms with Gasteiger partial charge in [-0.1, -0.05) is 49.3 Å². The highest BCUT2D eigenvalue weighted by atomic mass is 15.1. The predicted molar refractivity (Wildman–Crippen MR) is 157 cm³/mol. The first-order chi connectivity index (χ1) is 18.7. The molecule has 0 bridgehead atoms.